The van der Waals surface area contributed by atoms with Crippen LogP contribution in [0.4, 0.5) is 10.7 Å². The number of nitro groups is 1. The maximum Gasteiger partial charge on any atom is 0.324 e. The van der Waals surface area contributed by atoms with Gasteiger partial charge in [0.1, 0.15) is 0 Å². The number of hydrogen-bond donors (Lipinski definition) is 2. The van der Waals surface area contributed by atoms with Crippen LogP contribution in [-0.4, -0.2) is 10.8 Å². The van der Waals surface area contributed by atoms with Crippen LogP contribution in [0.3, 0.4) is 0 Å². The van der Waals surface area contributed by atoms with Gasteiger partial charge in [-0.15, -0.1) is 0 Å². The van der Waals surface area contributed by atoms with Crippen molar-refractivity contribution in [1.82, 2.24) is 0 Å². The molecule has 2 rings (SSSR count). The van der Waals surface area contributed by atoms with E-state index in [1.165, 1.54) is 12.1 Å². The van der Waals surface area contributed by atoms with Gasteiger partial charge >= 0.3 is 5.00 Å². The van der Waals surface area contributed by atoms with Crippen molar-refractivity contribution in [1.29, 1.82) is 0 Å². The molecular formula is C12H11N3O3S. The Kier molecular flexibility index (Phi) is 3.88. The zero-order chi connectivity index (χ0) is 13.8. The van der Waals surface area contributed by atoms with Crippen molar-refractivity contribution < 1.29 is 9.72 Å². The summed E-state index contributed by atoms with van der Waals surface area (Å²) >= 11 is 0.842. The van der Waals surface area contributed by atoms with Crippen molar-refractivity contribution in [3.63, 3.8) is 0 Å². The standard InChI is InChI=1S/C12H11N3O3S/c13-7-8-2-1-3-9(6-8)14-12(16)10-4-5-11(19-10)15(17)18/h1-6H,7,13H2,(H,14,16). The predicted molar refractivity (Wildman–Crippen MR) is 73.3 cm³/mol. The first kappa shape index (κ1) is 13.2. The Morgan fingerprint density at radius 3 is 2.79 bits per heavy atom. The van der Waals surface area contributed by atoms with Gasteiger partial charge in [-0.2, -0.15) is 0 Å². The molecule has 3 N–H and O–H groups in total. The summed E-state index contributed by atoms with van der Waals surface area (Å²) in [5.41, 5.74) is 7.02. The molecule has 0 fully saturated rings. The molecule has 0 aliphatic rings. The van der Waals surface area contributed by atoms with Crippen molar-refractivity contribution in [2.45, 2.75) is 6.54 Å². The second kappa shape index (κ2) is 5.59. The molecule has 2 aromatic rings. The Bertz CT molecular complexity index is 624. The van der Waals surface area contributed by atoms with Gasteiger partial charge in [0, 0.05) is 18.3 Å². The number of nitrogens with one attached hydrogen (secondary N) is 1. The molecule has 0 unspecified atom stereocenters. The minimum atomic E-state index is -0.517. The van der Waals surface area contributed by atoms with Crippen molar-refractivity contribution in [3.05, 3.63) is 57.0 Å². The Morgan fingerprint density at radius 1 is 1.37 bits per heavy atom. The highest BCUT2D eigenvalue weighted by atomic mass is 32.1. The maximum absolute atomic E-state index is 11.9. The zero-order valence-corrected chi connectivity index (χ0v) is 10.6. The number of thiophene rings is 1. The summed E-state index contributed by atoms with van der Waals surface area (Å²) in [6, 6.07) is 9.89. The highest BCUT2D eigenvalue weighted by molar-refractivity contribution is 7.17. The second-order valence-corrected chi connectivity index (χ2v) is 4.82. The van der Waals surface area contributed by atoms with E-state index in [9.17, 15) is 14.9 Å². The van der Waals surface area contributed by atoms with Crippen LogP contribution in [-0.2, 0) is 6.54 Å². The third-order valence-electron chi connectivity index (χ3n) is 2.42. The molecule has 0 spiro atoms. The summed E-state index contributed by atoms with van der Waals surface area (Å²) in [6.07, 6.45) is 0. The summed E-state index contributed by atoms with van der Waals surface area (Å²) in [4.78, 5) is 22.2. The third kappa shape index (κ3) is 3.15. The number of carbonyl (C=O) groups is 1. The first-order valence-corrected chi connectivity index (χ1v) is 6.26. The molecule has 0 atom stereocenters. The van der Waals surface area contributed by atoms with E-state index < -0.39 is 4.92 Å². The molecule has 1 aromatic carbocycles. The first-order chi connectivity index (χ1) is 9.10. The highest BCUT2D eigenvalue weighted by Crippen LogP contribution is 2.24. The monoisotopic (exact) mass is 277 g/mol. The molecule has 0 saturated heterocycles. The minimum Gasteiger partial charge on any atom is -0.326 e. The summed E-state index contributed by atoms with van der Waals surface area (Å²) in [5, 5.41) is 13.2. The fourth-order valence-corrected chi connectivity index (χ4v) is 2.23. The fraction of sp³-hybridized carbons (Fsp3) is 0.0833. The Balaban J connectivity index is 2.13. The van der Waals surface area contributed by atoms with Crippen LogP contribution in [0, 0.1) is 10.1 Å². The number of amides is 1. The van der Waals surface area contributed by atoms with E-state index in [-0.39, 0.29) is 10.9 Å². The molecule has 1 amide bonds. The van der Waals surface area contributed by atoms with Crippen molar-refractivity contribution >= 4 is 27.9 Å². The largest absolute Gasteiger partial charge is 0.326 e. The van der Waals surface area contributed by atoms with Gasteiger partial charge in [0.15, 0.2) is 0 Å². The van der Waals surface area contributed by atoms with Crippen molar-refractivity contribution in [2.24, 2.45) is 5.73 Å². The average Bonchev–Trinajstić information content (AvgIpc) is 2.89. The number of hydrogen-bond acceptors (Lipinski definition) is 5. The summed E-state index contributed by atoms with van der Waals surface area (Å²) < 4.78 is 0. The number of carbonyl (C=O) groups excluding carboxylic acids is 1. The van der Waals surface area contributed by atoms with E-state index in [4.69, 9.17) is 5.73 Å². The van der Waals surface area contributed by atoms with Crippen LogP contribution in [0.25, 0.3) is 0 Å². The summed E-state index contributed by atoms with van der Waals surface area (Å²) in [7, 11) is 0. The fourth-order valence-electron chi connectivity index (χ4n) is 1.52. The van der Waals surface area contributed by atoms with Gasteiger partial charge in [-0.3, -0.25) is 14.9 Å². The molecule has 1 aromatic heterocycles. The predicted octanol–water partition coefficient (Wildman–Crippen LogP) is 2.37. The molecule has 19 heavy (non-hydrogen) atoms. The lowest BCUT2D eigenvalue weighted by Crippen LogP contribution is -2.10. The first-order valence-electron chi connectivity index (χ1n) is 5.44. The van der Waals surface area contributed by atoms with E-state index >= 15 is 0 Å². The number of nitrogens with zero attached hydrogens (tertiary/aromatic N) is 1. The van der Waals surface area contributed by atoms with Gasteiger partial charge < -0.3 is 11.1 Å². The molecular weight excluding hydrogens is 266 g/mol. The molecule has 1 heterocycles. The highest BCUT2D eigenvalue weighted by Gasteiger charge is 2.15. The molecule has 0 aliphatic heterocycles. The van der Waals surface area contributed by atoms with Crippen LogP contribution in [0.2, 0.25) is 0 Å². The van der Waals surface area contributed by atoms with E-state index in [0.717, 1.165) is 16.9 Å². The average molecular weight is 277 g/mol. The molecule has 0 saturated carbocycles. The van der Waals surface area contributed by atoms with Gasteiger partial charge in [-0.05, 0) is 23.8 Å². The lowest BCUT2D eigenvalue weighted by atomic mass is 10.2. The Morgan fingerprint density at radius 2 is 2.16 bits per heavy atom. The van der Waals surface area contributed by atoms with E-state index in [1.54, 1.807) is 18.2 Å². The minimum absolute atomic E-state index is 0.0548. The lowest BCUT2D eigenvalue weighted by Gasteiger charge is -2.04. The van der Waals surface area contributed by atoms with E-state index in [1.807, 2.05) is 6.07 Å². The van der Waals surface area contributed by atoms with Crippen LogP contribution < -0.4 is 11.1 Å². The lowest BCUT2D eigenvalue weighted by molar-refractivity contribution is -0.380. The van der Waals surface area contributed by atoms with Crippen molar-refractivity contribution in [2.75, 3.05) is 5.32 Å². The Labute approximate surface area is 113 Å². The summed E-state index contributed by atoms with van der Waals surface area (Å²) in [6.45, 7) is 0.383. The van der Waals surface area contributed by atoms with Crippen molar-refractivity contribution in [3.8, 4) is 0 Å². The Hall–Kier alpha value is -2.25. The number of rotatable bonds is 4. The molecule has 98 valence electrons. The van der Waals surface area contributed by atoms with Gasteiger partial charge in [-0.25, -0.2) is 0 Å². The zero-order valence-electron chi connectivity index (χ0n) is 9.83. The van der Waals surface area contributed by atoms with E-state index in [0.29, 0.717) is 17.1 Å². The third-order valence-corrected chi connectivity index (χ3v) is 3.45. The number of nitrogens with two attached hydrogens (primary N) is 1. The summed E-state index contributed by atoms with van der Waals surface area (Å²) in [5.74, 6) is -0.368. The molecule has 6 nitrogen and oxygen atoms in total. The molecule has 0 radical (unpaired) electrons. The quantitative estimate of drug-likeness (QED) is 0.662. The smallest absolute Gasteiger partial charge is 0.324 e. The van der Waals surface area contributed by atoms with Gasteiger partial charge in [0.25, 0.3) is 5.91 Å². The number of benzene rings is 1. The normalized spacial score (nSPS) is 10.2. The molecule has 7 heteroatoms. The second-order valence-electron chi connectivity index (χ2n) is 3.75. The van der Waals surface area contributed by atoms with Gasteiger partial charge in [0.05, 0.1) is 9.80 Å². The topological polar surface area (TPSA) is 98.3 Å². The molecule has 0 bridgehead atoms. The number of anilines is 1. The van der Waals surface area contributed by atoms with Crippen LogP contribution in [0.5, 0.6) is 0 Å². The molecule has 0 aliphatic carbocycles. The van der Waals surface area contributed by atoms with Gasteiger partial charge in [0.2, 0.25) is 0 Å². The van der Waals surface area contributed by atoms with Crippen LogP contribution in [0.15, 0.2) is 36.4 Å². The van der Waals surface area contributed by atoms with Crippen LogP contribution in [0.1, 0.15) is 15.2 Å². The van der Waals surface area contributed by atoms with Crippen LogP contribution >= 0.6 is 11.3 Å². The SMILES string of the molecule is NCc1cccc(NC(=O)c2ccc([N+](=O)[O-])s2)c1. The maximum atomic E-state index is 11.9. The van der Waals surface area contributed by atoms with E-state index in [2.05, 4.69) is 5.32 Å². The van der Waals surface area contributed by atoms with Gasteiger partial charge in [-0.1, -0.05) is 23.5 Å².